The predicted octanol–water partition coefficient (Wildman–Crippen LogP) is 7.19. The number of aryl methyl sites for hydroxylation is 1. The average Bonchev–Trinajstić information content (AvgIpc) is 3.28. The van der Waals surface area contributed by atoms with Crippen LogP contribution in [-0.4, -0.2) is 22.8 Å². The maximum absolute atomic E-state index is 13.4. The highest BCUT2D eigenvalue weighted by Crippen LogP contribution is 2.56. The molecule has 200 valence electrons. The number of aromatic nitrogens is 1. The number of nitrogens with one attached hydrogen (secondary N) is 2. The van der Waals surface area contributed by atoms with E-state index in [0.717, 1.165) is 42.5 Å². The third kappa shape index (κ3) is 6.22. The number of hydrogen-bond donors (Lipinski definition) is 2. The third-order valence-electron chi connectivity index (χ3n) is 8.45. The van der Waals surface area contributed by atoms with Gasteiger partial charge in [-0.3, -0.25) is 14.8 Å². The van der Waals surface area contributed by atoms with E-state index in [1.54, 1.807) is 18.3 Å². The molecule has 4 atom stereocenters. The van der Waals surface area contributed by atoms with E-state index < -0.39 is 0 Å². The number of pyridine rings is 1. The molecule has 2 aliphatic carbocycles. The molecule has 0 aliphatic heterocycles. The fraction of sp³-hybridized carbons (Fsp3) is 0.333. The number of carbonyl (C=O) groups is 1. The smallest absolute Gasteiger partial charge is 0.220 e. The predicted molar refractivity (Wildman–Crippen MR) is 154 cm³/mol. The van der Waals surface area contributed by atoms with Gasteiger partial charge in [0.15, 0.2) is 0 Å². The van der Waals surface area contributed by atoms with Crippen LogP contribution in [0, 0.1) is 28.5 Å². The molecule has 39 heavy (non-hydrogen) atoms. The molecule has 5 rings (SSSR count). The van der Waals surface area contributed by atoms with Crippen molar-refractivity contribution in [3.63, 3.8) is 0 Å². The van der Waals surface area contributed by atoms with Crippen LogP contribution in [0.15, 0.2) is 95.8 Å². The van der Waals surface area contributed by atoms with Crippen LogP contribution < -0.4 is 5.32 Å². The zero-order valence-electron chi connectivity index (χ0n) is 22.3. The maximum Gasteiger partial charge on any atom is 0.220 e. The van der Waals surface area contributed by atoms with Crippen LogP contribution in [0.5, 0.6) is 0 Å². The number of carbonyl (C=O) groups excluding carboxylic acids is 1. The van der Waals surface area contributed by atoms with Gasteiger partial charge in [-0.05, 0) is 91.0 Å². The molecule has 5 nitrogen and oxygen atoms in total. The molecule has 3 aromatic rings. The van der Waals surface area contributed by atoms with Crippen molar-refractivity contribution in [2.45, 2.75) is 51.5 Å². The maximum atomic E-state index is 13.4. The number of hydrogen-bond acceptors (Lipinski definition) is 4. The minimum Gasteiger partial charge on any atom is -0.349 e. The number of amides is 1. The van der Waals surface area contributed by atoms with Crippen LogP contribution >= 0.6 is 0 Å². The Hall–Kier alpha value is -3.93. The van der Waals surface area contributed by atoms with Crippen LogP contribution in [0.1, 0.15) is 56.2 Å². The van der Waals surface area contributed by atoms with E-state index >= 15 is 0 Å². The van der Waals surface area contributed by atoms with Crippen molar-refractivity contribution in [1.29, 1.82) is 5.41 Å². The van der Waals surface area contributed by atoms with Gasteiger partial charge in [-0.25, -0.2) is 4.39 Å². The quantitative estimate of drug-likeness (QED) is 0.292. The number of nitrogens with zero attached hydrogens (tertiary/aromatic N) is 2. The minimum atomic E-state index is -0.284. The summed E-state index contributed by atoms with van der Waals surface area (Å²) in [6.07, 6.45) is 12.0. The van der Waals surface area contributed by atoms with Crippen LogP contribution in [-0.2, 0) is 11.2 Å². The van der Waals surface area contributed by atoms with E-state index in [-0.39, 0.29) is 29.1 Å². The standard InChI is InChI=1S/C33H35FN4O/c1-33-20-25(21-35)31(37-29-14-12-28(34)13-15-29)19-27(33)11-10-26(33)18-30(24-7-3-2-4-8-24)38-32(39)16-9-23-6-5-17-36-22-23/h2-8,12-15,17,19,21-22,25-26,30,35H,9-11,16,18,20H2,1H3,(H,38,39). The molecule has 4 unspecified atom stereocenters. The van der Waals surface area contributed by atoms with Gasteiger partial charge in [-0.1, -0.05) is 48.9 Å². The Kier molecular flexibility index (Phi) is 8.10. The lowest BCUT2D eigenvalue weighted by Crippen LogP contribution is -2.37. The Morgan fingerprint density at radius 2 is 1.97 bits per heavy atom. The summed E-state index contributed by atoms with van der Waals surface area (Å²) in [6.45, 7) is 2.31. The molecule has 2 aliphatic rings. The third-order valence-corrected chi connectivity index (χ3v) is 8.45. The van der Waals surface area contributed by atoms with Gasteiger partial charge in [0.05, 0.1) is 11.7 Å². The molecule has 1 saturated carbocycles. The molecule has 2 aromatic carbocycles. The fourth-order valence-electron chi connectivity index (χ4n) is 6.20. The summed E-state index contributed by atoms with van der Waals surface area (Å²) < 4.78 is 13.4. The molecule has 1 amide bonds. The van der Waals surface area contributed by atoms with Gasteiger partial charge in [0.25, 0.3) is 0 Å². The van der Waals surface area contributed by atoms with Crippen LogP contribution in [0.2, 0.25) is 0 Å². The van der Waals surface area contributed by atoms with E-state index in [1.807, 2.05) is 36.5 Å². The van der Waals surface area contributed by atoms with Gasteiger partial charge < -0.3 is 10.7 Å². The first kappa shape index (κ1) is 26.7. The van der Waals surface area contributed by atoms with Crippen LogP contribution in [0.3, 0.4) is 0 Å². The lowest BCUT2D eigenvalue weighted by Gasteiger charge is -2.40. The number of rotatable bonds is 9. The van der Waals surface area contributed by atoms with Crippen molar-refractivity contribution in [2.75, 3.05) is 0 Å². The highest BCUT2D eigenvalue weighted by molar-refractivity contribution is 6.08. The van der Waals surface area contributed by atoms with E-state index in [4.69, 9.17) is 10.4 Å². The lowest BCUT2D eigenvalue weighted by atomic mass is 9.65. The Bertz CT molecular complexity index is 1350. The van der Waals surface area contributed by atoms with Crippen LogP contribution in [0.4, 0.5) is 10.1 Å². The van der Waals surface area contributed by atoms with Crippen molar-refractivity contribution in [1.82, 2.24) is 10.3 Å². The topological polar surface area (TPSA) is 78.2 Å². The summed E-state index contributed by atoms with van der Waals surface area (Å²) in [7, 11) is 0. The number of allylic oxidation sites excluding steroid dienone is 2. The molecule has 0 radical (unpaired) electrons. The zero-order valence-corrected chi connectivity index (χ0v) is 22.3. The molecule has 0 bridgehead atoms. The molecule has 1 aromatic heterocycles. The number of benzene rings is 2. The summed E-state index contributed by atoms with van der Waals surface area (Å²) in [5.41, 5.74) is 5.03. The molecule has 1 heterocycles. The van der Waals surface area contributed by atoms with Gasteiger partial charge in [0, 0.05) is 36.7 Å². The Morgan fingerprint density at radius 1 is 1.18 bits per heavy atom. The summed E-state index contributed by atoms with van der Waals surface area (Å²) in [5.74, 6) is 0.0188. The first-order valence-corrected chi connectivity index (χ1v) is 13.7. The summed E-state index contributed by atoms with van der Waals surface area (Å²) in [6, 6.07) is 20.2. The fourth-order valence-corrected chi connectivity index (χ4v) is 6.20. The Labute approximate surface area is 229 Å². The van der Waals surface area contributed by atoms with Crippen molar-refractivity contribution in [3.05, 3.63) is 108 Å². The largest absolute Gasteiger partial charge is 0.349 e. The minimum absolute atomic E-state index is 0.0429. The summed E-state index contributed by atoms with van der Waals surface area (Å²) >= 11 is 0. The summed E-state index contributed by atoms with van der Waals surface area (Å²) in [4.78, 5) is 22.0. The molecular weight excluding hydrogens is 487 g/mol. The number of fused-ring (bicyclic) bond motifs is 1. The van der Waals surface area contributed by atoms with E-state index in [2.05, 4.69) is 35.4 Å². The van der Waals surface area contributed by atoms with Gasteiger partial charge in [0.1, 0.15) is 5.82 Å². The molecule has 0 saturated heterocycles. The average molecular weight is 523 g/mol. The first-order valence-electron chi connectivity index (χ1n) is 13.7. The molecule has 1 fully saturated rings. The van der Waals surface area contributed by atoms with E-state index in [1.165, 1.54) is 23.9 Å². The van der Waals surface area contributed by atoms with Gasteiger partial charge >= 0.3 is 0 Å². The van der Waals surface area contributed by atoms with Gasteiger partial charge in [0.2, 0.25) is 5.91 Å². The highest BCUT2D eigenvalue weighted by atomic mass is 19.1. The van der Waals surface area contributed by atoms with E-state index in [0.29, 0.717) is 24.4 Å². The molecule has 0 spiro atoms. The number of halogens is 1. The SMILES string of the molecule is CC12CC(C=N)C(=Nc3ccc(F)cc3)C=C1CCC2CC(NC(=O)CCc1cccnc1)c1ccccc1. The zero-order chi connectivity index (χ0) is 27.2. The van der Waals surface area contributed by atoms with Crippen LogP contribution in [0.25, 0.3) is 0 Å². The second-order valence-electron chi connectivity index (χ2n) is 10.9. The Morgan fingerprint density at radius 3 is 2.69 bits per heavy atom. The molecule has 2 N–H and O–H groups in total. The van der Waals surface area contributed by atoms with Crippen molar-refractivity contribution >= 4 is 23.5 Å². The number of aliphatic imine (C=N–C) groups is 1. The second kappa shape index (κ2) is 11.9. The highest BCUT2D eigenvalue weighted by Gasteiger charge is 2.47. The van der Waals surface area contributed by atoms with Gasteiger partial charge in [-0.2, -0.15) is 0 Å². The molecular formula is C33H35FN4O. The lowest BCUT2D eigenvalue weighted by molar-refractivity contribution is -0.122. The molecule has 6 heteroatoms. The second-order valence-corrected chi connectivity index (χ2v) is 10.9. The van der Waals surface area contributed by atoms with Crippen molar-refractivity contribution in [3.8, 4) is 0 Å². The monoisotopic (exact) mass is 522 g/mol. The Balaban J connectivity index is 1.34. The normalized spacial score (nSPS) is 24.1. The summed E-state index contributed by atoms with van der Waals surface area (Å²) in [5, 5.41) is 11.5. The van der Waals surface area contributed by atoms with Crippen molar-refractivity contribution < 1.29 is 9.18 Å². The van der Waals surface area contributed by atoms with Gasteiger partial charge in [-0.15, -0.1) is 0 Å². The first-order chi connectivity index (χ1) is 18.9. The van der Waals surface area contributed by atoms with Crippen molar-refractivity contribution in [2.24, 2.45) is 22.2 Å². The van der Waals surface area contributed by atoms with E-state index in [9.17, 15) is 9.18 Å².